The molecule has 0 aliphatic heterocycles. The average molecular weight is 211 g/mol. The number of aryl methyl sites for hydroxylation is 2. The van der Waals surface area contributed by atoms with E-state index in [1.807, 2.05) is 4.68 Å². The van der Waals surface area contributed by atoms with Crippen LogP contribution in [-0.4, -0.2) is 26.8 Å². The van der Waals surface area contributed by atoms with Crippen LogP contribution in [0.15, 0.2) is 0 Å². The van der Waals surface area contributed by atoms with Gasteiger partial charge in [-0.05, 0) is 42.2 Å². The van der Waals surface area contributed by atoms with Gasteiger partial charge in [-0.3, -0.25) is 0 Å². The van der Waals surface area contributed by atoms with Gasteiger partial charge in [0, 0.05) is 13.0 Å². The van der Waals surface area contributed by atoms with Crippen LogP contribution in [0.5, 0.6) is 0 Å². The van der Waals surface area contributed by atoms with Crippen molar-refractivity contribution in [3.63, 3.8) is 0 Å². The van der Waals surface area contributed by atoms with E-state index in [1.165, 1.54) is 0 Å². The third-order valence-corrected chi connectivity index (χ3v) is 2.38. The standard InChI is InChI=1S/C10H21N5/c1-9(2)5-6-10-12-13-14-15(10)8-4-3-7-11/h9H,3-8,11H2,1-2H3. The SMILES string of the molecule is CC(C)CCc1nnnn1CCCCN. The molecular weight excluding hydrogens is 190 g/mol. The summed E-state index contributed by atoms with van der Waals surface area (Å²) in [6.07, 6.45) is 4.18. The van der Waals surface area contributed by atoms with E-state index in [4.69, 9.17) is 5.73 Å². The van der Waals surface area contributed by atoms with Crippen LogP contribution in [-0.2, 0) is 13.0 Å². The fraction of sp³-hybridized carbons (Fsp3) is 0.900. The van der Waals surface area contributed by atoms with E-state index < -0.39 is 0 Å². The maximum Gasteiger partial charge on any atom is 0.151 e. The van der Waals surface area contributed by atoms with Gasteiger partial charge in [0.15, 0.2) is 5.82 Å². The normalized spacial score (nSPS) is 11.2. The summed E-state index contributed by atoms with van der Waals surface area (Å²) in [5, 5.41) is 11.7. The van der Waals surface area contributed by atoms with Gasteiger partial charge in [-0.15, -0.1) is 5.10 Å². The first-order valence-corrected chi connectivity index (χ1v) is 5.69. The molecule has 0 unspecified atom stereocenters. The Hall–Kier alpha value is -0.970. The summed E-state index contributed by atoms with van der Waals surface area (Å²) in [6.45, 7) is 6.05. The van der Waals surface area contributed by atoms with E-state index in [0.29, 0.717) is 5.92 Å². The summed E-state index contributed by atoms with van der Waals surface area (Å²) in [5.41, 5.74) is 5.44. The lowest BCUT2D eigenvalue weighted by Gasteiger charge is -2.05. The Morgan fingerprint density at radius 2 is 2.13 bits per heavy atom. The molecule has 1 aromatic rings. The second kappa shape index (κ2) is 6.50. The van der Waals surface area contributed by atoms with E-state index in [-0.39, 0.29) is 0 Å². The summed E-state index contributed by atoms with van der Waals surface area (Å²) in [5.74, 6) is 1.69. The highest BCUT2D eigenvalue weighted by molar-refractivity contribution is 4.81. The maximum atomic E-state index is 5.44. The molecule has 1 heterocycles. The number of unbranched alkanes of at least 4 members (excludes halogenated alkanes) is 1. The molecule has 15 heavy (non-hydrogen) atoms. The number of hydrogen-bond acceptors (Lipinski definition) is 4. The van der Waals surface area contributed by atoms with Gasteiger partial charge >= 0.3 is 0 Å². The lowest BCUT2D eigenvalue weighted by molar-refractivity contribution is 0.503. The molecule has 0 aliphatic rings. The fourth-order valence-electron chi connectivity index (χ4n) is 1.40. The molecule has 0 saturated heterocycles. The van der Waals surface area contributed by atoms with Gasteiger partial charge in [-0.1, -0.05) is 13.8 Å². The molecule has 0 bridgehead atoms. The molecule has 1 aromatic heterocycles. The molecule has 86 valence electrons. The van der Waals surface area contributed by atoms with Gasteiger partial charge in [0.2, 0.25) is 0 Å². The minimum Gasteiger partial charge on any atom is -0.330 e. The molecule has 0 atom stereocenters. The lowest BCUT2D eigenvalue weighted by Crippen LogP contribution is -2.09. The lowest BCUT2D eigenvalue weighted by atomic mass is 10.1. The smallest absolute Gasteiger partial charge is 0.151 e. The van der Waals surface area contributed by atoms with E-state index in [1.54, 1.807) is 0 Å². The Morgan fingerprint density at radius 1 is 1.33 bits per heavy atom. The van der Waals surface area contributed by atoms with Crippen LogP contribution >= 0.6 is 0 Å². The molecule has 2 N–H and O–H groups in total. The van der Waals surface area contributed by atoms with Crippen LogP contribution in [0.4, 0.5) is 0 Å². The zero-order valence-corrected chi connectivity index (χ0v) is 9.69. The highest BCUT2D eigenvalue weighted by Gasteiger charge is 2.06. The third kappa shape index (κ3) is 4.38. The molecule has 0 fully saturated rings. The number of rotatable bonds is 7. The molecule has 0 radical (unpaired) electrons. The molecule has 1 rings (SSSR count). The number of tetrazole rings is 1. The molecule has 0 amide bonds. The summed E-state index contributed by atoms with van der Waals surface area (Å²) in [7, 11) is 0. The predicted molar refractivity (Wildman–Crippen MR) is 59.3 cm³/mol. The van der Waals surface area contributed by atoms with E-state index >= 15 is 0 Å². The Kier molecular flexibility index (Phi) is 5.25. The van der Waals surface area contributed by atoms with Crippen molar-refractivity contribution in [3.8, 4) is 0 Å². The van der Waals surface area contributed by atoms with Crippen molar-refractivity contribution in [1.29, 1.82) is 0 Å². The van der Waals surface area contributed by atoms with Gasteiger partial charge in [-0.2, -0.15) is 0 Å². The molecule has 5 nitrogen and oxygen atoms in total. The average Bonchev–Trinajstić information content (AvgIpc) is 2.63. The molecule has 0 saturated carbocycles. The molecule has 5 heteroatoms. The van der Waals surface area contributed by atoms with Crippen molar-refractivity contribution in [2.24, 2.45) is 11.7 Å². The van der Waals surface area contributed by atoms with Gasteiger partial charge in [0.25, 0.3) is 0 Å². The Morgan fingerprint density at radius 3 is 2.80 bits per heavy atom. The Bertz CT molecular complexity index is 269. The third-order valence-electron chi connectivity index (χ3n) is 2.38. The fourth-order valence-corrected chi connectivity index (χ4v) is 1.40. The molecular formula is C10H21N5. The number of nitrogens with two attached hydrogens (primary N) is 1. The zero-order chi connectivity index (χ0) is 11.1. The van der Waals surface area contributed by atoms with Gasteiger partial charge < -0.3 is 5.73 Å². The van der Waals surface area contributed by atoms with Crippen LogP contribution in [0.2, 0.25) is 0 Å². The highest BCUT2D eigenvalue weighted by Crippen LogP contribution is 2.06. The molecule has 0 spiro atoms. The molecule has 0 aliphatic carbocycles. The second-order valence-electron chi connectivity index (χ2n) is 4.25. The summed E-state index contributed by atoms with van der Waals surface area (Å²) in [6, 6.07) is 0. The first-order valence-electron chi connectivity index (χ1n) is 5.69. The summed E-state index contributed by atoms with van der Waals surface area (Å²) in [4.78, 5) is 0. The monoisotopic (exact) mass is 211 g/mol. The van der Waals surface area contributed by atoms with Crippen molar-refractivity contribution in [2.75, 3.05) is 6.54 Å². The quantitative estimate of drug-likeness (QED) is 0.683. The van der Waals surface area contributed by atoms with Crippen molar-refractivity contribution in [3.05, 3.63) is 5.82 Å². The topological polar surface area (TPSA) is 69.6 Å². The van der Waals surface area contributed by atoms with Crippen LogP contribution in [0.3, 0.4) is 0 Å². The van der Waals surface area contributed by atoms with Crippen LogP contribution in [0.1, 0.15) is 38.9 Å². The minimum absolute atomic E-state index is 0.694. The van der Waals surface area contributed by atoms with Crippen LogP contribution < -0.4 is 5.73 Å². The number of hydrogen-bond donors (Lipinski definition) is 1. The van der Waals surface area contributed by atoms with E-state index in [2.05, 4.69) is 29.4 Å². The summed E-state index contributed by atoms with van der Waals surface area (Å²) >= 11 is 0. The Balaban J connectivity index is 2.39. The predicted octanol–water partition coefficient (Wildman–Crippen LogP) is 1.00. The molecule has 0 aromatic carbocycles. The first-order chi connectivity index (χ1) is 7.24. The van der Waals surface area contributed by atoms with E-state index in [9.17, 15) is 0 Å². The largest absolute Gasteiger partial charge is 0.330 e. The van der Waals surface area contributed by atoms with Crippen LogP contribution in [0, 0.1) is 5.92 Å². The van der Waals surface area contributed by atoms with Crippen molar-refractivity contribution in [2.45, 2.75) is 46.1 Å². The zero-order valence-electron chi connectivity index (χ0n) is 9.69. The van der Waals surface area contributed by atoms with Gasteiger partial charge in [-0.25, -0.2) is 4.68 Å². The number of nitrogens with zero attached hydrogens (tertiary/aromatic N) is 4. The van der Waals surface area contributed by atoms with Crippen molar-refractivity contribution in [1.82, 2.24) is 20.2 Å². The maximum absolute atomic E-state index is 5.44. The first kappa shape index (κ1) is 12.1. The minimum atomic E-state index is 0.694. The summed E-state index contributed by atoms with van der Waals surface area (Å²) < 4.78 is 1.90. The van der Waals surface area contributed by atoms with E-state index in [0.717, 1.165) is 44.6 Å². The highest BCUT2D eigenvalue weighted by atomic mass is 15.5. The van der Waals surface area contributed by atoms with Crippen LogP contribution in [0.25, 0.3) is 0 Å². The number of aromatic nitrogens is 4. The van der Waals surface area contributed by atoms with Gasteiger partial charge in [0.05, 0.1) is 0 Å². The second-order valence-corrected chi connectivity index (χ2v) is 4.25. The van der Waals surface area contributed by atoms with Crippen molar-refractivity contribution < 1.29 is 0 Å². The van der Waals surface area contributed by atoms with Crippen molar-refractivity contribution >= 4 is 0 Å². The van der Waals surface area contributed by atoms with Gasteiger partial charge in [0.1, 0.15) is 0 Å². The Labute approximate surface area is 91.0 Å².